The largest absolute Gasteiger partial charge is 0.478 e. The summed E-state index contributed by atoms with van der Waals surface area (Å²) in [6.07, 6.45) is 4.27. The number of carbonyl (C=O) groups is 1. The Kier molecular flexibility index (Phi) is 3.39. The average Bonchev–Trinajstić information content (AvgIpc) is 3.06. The zero-order valence-corrected chi connectivity index (χ0v) is 11.6. The standard InChI is InChI=1S/C14H15N5O2/c1-10-16-12-5-2-4-11(14(20)21)13(12)19(10)8-3-7-18-9-6-15-17-18/h2,4-6,9H,3,7-8H2,1H3,(H,20,21). The van der Waals surface area contributed by atoms with Gasteiger partial charge in [0, 0.05) is 19.3 Å². The van der Waals surface area contributed by atoms with E-state index in [1.807, 2.05) is 23.8 Å². The summed E-state index contributed by atoms with van der Waals surface area (Å²) in [5.41, 5.74) is 1.68. The molecule has 1 N–H and O–H groups in total. The molecule has 0 amide bonds. The van der Waals surface area contributed by atoms with Crippen LogP contribution >= 0.6 is 0 Å². The van der Waals surface area contributed by atoms with Gasteiger partial charge in [-0.15, -0.1) is 5.10 Å². The number of nitrogens with zero attached hydrogens (tertiary/aromatic N) is 5. The van der Waals surface area contributed by atoms with Gasteiger partial charge in [-0.3, -0.25) is 4.68 Å². The normalized spacial score (nSPS) is 11.1. The first-order valence-corrected chi connectivity index (χ1v) is 6.70. The first-order valence-electron chi connectivity index (χ1n) is 6.70. The van der Waals surface area contributed by atoms with E-state index in [-0.39, 0.29) is 5.56 Å². The second-order valence-corrected chi connectivity index (χ2v) is 4.81. The molecule has 0 aliphatic heterocycles. The van der Waals surface area contributed by atoms with Crippen molar-refractivity contribution >= 4 is 17.0 Å². The Morgan fingerprint density at radius 1 is 1.33 bits per heavy atom. The molecule has 7 heteroatoms. The quantitative estimate of drug-likeness (QED) is 0.771. The van der Waals surface area contributed by atoms with Gasteiger partial charge in [0.1, 0.15) is 5.82 Å². The Labute approximate surface area is 120 Å². The molecule has 2 aromatic heterocycles. The summed E-state index contributed by atoms with van der Waals surface area (Å²) in [6.45, 7) is 3.31. The molecule has 7 nitrogen and oxygen atoms in total. The summed E-state index contributed by atoms with van der Waals surface area (Å²) in [6, 6.07) is 5.17. The van der Waals surface area contributed by atoms with Crippen LogP contribution in [0.2, 0.25) is 0 Å². The van der Waals surface area contributed by atoms with E-state index >= 15 is 0 Å². The molecule has 21 heavy (non-hydrogen) atoms. The minimum atomic E-state index is -0.932. The molecular formula is C14H15N5O2. The predicted octanol–water partition coefficient (Wildman–Crippen LogP) is 1.72. The van der Waals surface area contributed by atoms with E-state index in [2.05, 4.69) is 15.3 Å². The molecule has 0 aliphatic rings. The SMILES string of the molecule is Cc1nc2cccc(C(=O)O)c2n1CCCn1ccnn1. The van der Waals surface area contributed by atoms with Gasteiger partial charge in [0.2, 0.25) is 0 Å². The van der Waals surface area contributed by atoms with Crippen molar-refractivity contribution in [1.29, 1.82) is 0 Å². The fraction of sp³-hybridized carbons (Fsp3) is 0.286. The predicted molar refractivity (Wildman–Crippen MR) is 76.1 cm³/mol. The molecule has 0 bridgehead atoms. The molecule has 0 spiro atoms. The fourth-order valence-corrected chi connectivity index (χ4v) is 2.49. The minimum Gasteiger partial charge on any atom is -0.478 e. The lowest BCUT2D eigenvalue weighted by molar-refractivity contribution is 0.0698. The van der Waals surface area contributed by atoms with Crippen molar-refractivity contribution in [2.24, 2.45) is 0 Å². The number of rotatable bonds is 5. The summed E-state index contributed by atoms with van der Waals surface area (Å²) in [7, 11) is 0. The van der Waals surface area contributed by atoms with Crippen LogP contribution in [0, 0.1) is 6.92 Å². The van der Waals surface area contributed by atoms with E-state index in [4.69, 9.17) is 0 Å². The molecule has 0 fully saturated rings. The molecule has 3 aromatic rings. The zero-order valence-electron chi connectivity index (χ0n) is 11.6. The third kappa shape index (κ3) is 2.49. The summed E-state index contributed by atoms with van der Waals surface area (Å²) < 4.78 is 3.71. The van der Waals surface area contributed by atoms with E-state index < -0.39 is 5.97 Å². The Morgan fingerprint density at radius 3 is 2.90 bits per heavy atom. The molecule has 108 valence electrons. The summed E-state index contributed by atoms with van der Waals surface area (Å²) in [5, 5.41) is 17.0. The minimum absolute atomic E-state index is 0.286. The van der Waals surface area contributed by atoms with Crippen LogP contribution in [0.15, 0.2) is 30.6 Å². The van der Waals surface area contributed by atoms with Gasteiger partial charge >= 0.3 is 5.97 Å². The molecular weight excluding hydrogens is 270 g/mol. The molecule has 0 saturated carbocycles. The number of para-hydroxylation sites is 1. The van der Waals surface area contributed by atoms with Gasteiger partial charge in [0.05, 0.1) is 22.8 Å². The van der Waals surface area contributed by atoms with Crippen molar-refractivity contribution in [1.82, 2.24) is 24.5 Å². The molecule has 0 saturated heterocycles. The van der Waals surface area contributed by atoms with Gasteiger partial charge in [0.25, 0.3) is 0 Å². The Morgan fingerprint density at radius 2 is 2.19 bits per heavy atom. The first-order chi connectivity index (χ1) is 10.2. The maximum Gasteiger partial charge on any atom is 0.337 e. The lowest BCUT2D eigenvalue weighted by Gasteiger charge is -2.08. The summed E-state index contributed by atoms with van der Waals surface area (Å²) in [4.78, 5) is 15.8. The van der Waals surface area contributed by atoms with Crippen LogP contribution in [0.25, 0.3) is 11.0 Å². The third-order valence-electron chi connectivity index (χ3n) is 3.43. The van der Waals surface area contributed by atoms with Gasteiger partial charge in [0.15, 0.2) is 0 Å². The van der Waals surface area contributed by atoms with Gasteiger partial charge in [-0.25, -0.2) is 9.78 Å². The van der Waals surface area contributed by atoms with Crippen LogP contribution in [0.4, 0.5) is 0 Å². The summed E-state index contributed by atoms with van der Waals surface area (Å²) >= 11 is 0. The smallest absolute Gasteiger partial charge is 0.337 e. The van der Waals surface area contributed by atoms with E-state index in [9.17, 15) is 9.90 Å². The summed E-state index contributed by atoms with van der Waals surface area (Å²) in [5.74, 6) is -0.115. The Bertz CT molecular complexity index is 776. The molecule has 1 aromatic carbocycles. The van der Waals surface area contributed by atoms with Gasteiger partial charge in [-0.1, -0.05) is 11.3 Å². The van der Waals surface area contributed by atoms with Crippen molar-refractivity contribution in [3.8, 4) is 0 Å². The maximum absolute atomic E-state index is 11.4. The second-order valence-electron chi connectivity index (χ2n) is 4.81. The second kappa shape index (κ2) is 5.35. The number of hydrogen-bond donors (Lipinski definition) is 1. The topological polar surface area (TPSA) is 85.8 Å². The molecule has 0 atom stereocenters. The van der Waals surface area contributed by atoms with Crippen LogP contribution in [-0.2, 0) is 13.1 Å². The maximum atomic E-state index is 11.4. The number of aromatic carboxylic acids is 1. The average molecular weight is 285 g/mol. The van der Waals surface area contributed by atoms with Gasteiger partial charge < -0.3 is 9.67 Å². The van der Waals surface area contributed by atoms with E-state index in [1.54, 1.807) is 23.0 Å². The van der Waals surface area contributed by atoms with Crippen molar-refractivity contribution in [3.05, 3.63) is 42.0 Å². The highest BCUT2D eigenvalue weighted by atomic mass is 16.4. The molecule has 0 aliphatic carbocycles. The molecule has 3 rings (SSSR count). The van der Waals surface area contributed by atoms with E-state index in [0.717, 1.165) is 18.8 Å². The number of carboxylic acid groups (broad SMARTS) is 1. The van der Waals surface area contributed by atoms with Crippen molar-refractivity contribution < 1.29 is 9.90 Å². The van der Waals surface area contributed by atoms with Crippen molar-refractivity contribution in [2.45, 2.75) is 26.4 Å². The zero-order chi connectivity index (χ0) is 14.8. The number of benzene rings is 1. The van der Waals surface area contributed by atoms with Crippen LogP contribution in [0.3, 0.4) is 0 Å². The van der Waals surface area contributed by atoms with E-state index in [1.165, 1.54) is 0 Å². The van der Waals surface area contributed by atoms with Crippen LogP contribution < -0.4 is 0 Å². The van der Waals surface area contributed by atoms with Crippen LogP contribution in [-0.4, -0.2) is 35.6 Å². The van der Waals surface area contributed by atoms with Crippen LogP contribution in [0.5, 0.6) is 0 Å². The lowest BCUT2D eigenvalue weighted by Crippen LogP contribution is -2.08. The highest BCUT2D eigenvalue weighted by molar-refractivity contribution is 6.01. The van der Waals surface area contributed by atoms with Gasteiger partial charge in [-0.2, -0.15) is 0 Å². The van der Waals surface area contributed by atoms with E-state index in [0.29, 0.717) is 17.6 Å². The fourth-order valence-electron chi connectivity index (χ4n) is 2.49. The molecule has 0 unspecified atom stereocenters. The number of hydrogen-bond acceptors (Lipinski definition) is 4. The third-order valence-corrected chi connectivity index (χ3v) is 3.43. The molecule has 2 heterocycles. The number of fused-ring (bicyclic) bond motifs is 1. The van der Waals surface area contributed by atoms with Crippen molar-refractivity contribution in [3.63, 3.8) is 0 Å². The number of carboxylic acids is 1. The number of aryl methyl sites for hydroxylation is 3. The monoisotopic (exact) mass is 285 g/mol. The molecule has 0 radical (unpaired) electrons. The Balaban J connectivity index is 1.90. The number of imidazole rings is 1. The van der Waals surface area contributed by atoms with Gasteiger partial charge in [-0.05, 0) is 25.5 Å². The highest BCUT2D eigenvalue weighted by Gasteiger charge is 2.15. The lowest BCUT2D eigenvalue weighted by atomic mass is 10.2. The van der Waals surface area contributed by atoms with Crippen LogP contribution in [0.1, 0.15) is 22.6 Å². The Hall–Kier alpha value is -2.70. The van der Waals surface area contributed by atoms with Crippen molar-refractivity contribution in [2.75, 3.05) is 0 Å². The highest BCUT2D eigenvalue weighted by Crippen LogP contribution is 2.21. The number of aromatic nitrogens is 5. The first kappa shape index (κ1) is 13.3.